The highest BCUT2D eigenvalue weighted by Gasteiger charge is 2.56. The molecule has 38 heavy (non-hydrogen) atoms. The highest BCUT2D eigenvalue weighted by molar-refractivity contribution is 5.76. The SMILES string of the molecule is COc1cc(C(F)(F)F)ccc1OC1C[C@@H]2CN(C(=O)N3CC4(CC(n5cnc(C6CC6)n5)C4)C3)C[C@@H]2C1. The van der Waals surface area contributed by atoms with Gasteiger partial charge in [-0.15, -0.1) is 0 Å². The number of urea groups is 1. The molecule has 2 aromatic rings. The number of benzene rings is 1. The fourth-order valence-electron chi connectivity index (χ4n) is 7.09. The van der Waals surface area contributed by atoms with E-state index in [2.05, 4.69) is 10.1 Å². The third kappa shape index (κ3) is 4.18. The third-order valence-corrected chi connectivity index (χ3v) is 9.27. The van der Waals surface area contributed by atoms with Gasteiger partial charge in [0.1, 0.15) is 6.33 Å². The molecular formula is C27H32F3N5O3. The lowest BCUT2D eigenvalue weighted by Gasteiger charge is -2.59. The van der Waals surface area contributed by atoms with Gasteiger partial charge in [0.25, 0.3) is 0 Å². The van der Waals surface area contributed by atoms with Gasteiger partial charge in [-0.3, -0.25) is 0 Å². The van der Waals surface area contributed by atoms with Crippen molar-refractivity contribution in [2.24, 2.45) is 17.3 Å². The molecule has 5 fully saturated rings. The van der Waals surface area contributed by atoms with Crippen molar-refractivity contribution in [1.29, 1.82) is 0 Å². The monoisotopic (exact) mass is 531 g/mol. The van der Waals surface area contributed by atoms with E-state index in [1.165, 1.54) is 26.0 Å². The topological polar surface area (TPSA) is 72.7 Å². The lowest BCUT2D eigenvalue weighted by molar-refractivity contribution is -0.137. The van der Waals surface area contributed by atoms with E-state index in [1.54, 1.807) is 0 Å². The van der Waals surface area contributed by atoms with Crippen molar-refractivity contribution >= 4 is 6.03 Å². The van der Waals surface area contributed by atoms with Crippen LogP contribution in [0.25, 0.3) is 0 Å². The van der Waals surface area contributed by atoms with Crippen molar-refractivity contribution in [3.63, 3.8) is 0 Å². The van der Waals surface area contributed by atoms with Crippen LogP contribution in [0.2, 0.25) is 0 Å². The van der Waals surface area contributed by atoms with Crippen LogP contribution >= 0.6 is 0 Å². The molecule has 3 aliphatic carbocycles. The lowest BCUT2D eigenvalue weighted by Crippen LogP contribution is -2.65. The minimum atomic E-state index is -4.43. The lowest BCUT2D eigenvalue weighted by atomic mass is 9.61. The van der Waals surface area contributed by atoms with Crippen LogP contribution in [0.4, 0.5) is 18.0 Å². The largest absolute Gasteiger partial charge is 0.493 e. The van der Waals surface area contributed by atoms with E-state index in [0.29, 0.717) is 42.6 Å². The zero-order valence-electron chi connectivity index (χ0n) is 21.4. The summed E-state index contributed by atoms with van der Waals surface area (Å²) in [5, 5.41) is 4.68. The maximum atomic E-state index is 13.2. The smallest absolute Gasteiger partial charge is 0.416 e. The molecule has 2 amide bonds. The van der Waals surface area contributed by atoms with Gasteiger partial charge in [0.2, 0.25) is 0 Å². The number of hydrogen-bond acceptors (Lipinski definition) is 5. The summed E-state index contributed by atoms with van der Waals surface area (Å²) in [7, 11) is 1.35. The van der Waals surface area contributed by atoms with Crippen LogP contribution in [0.15, 0.2) is 24.5 Å². The Labute approximate surface area is 219 Å². The first kappa shape index (κ1) is 24.1. The summed E-state index contributed by atoms with van der Waals surface area (Å²) in [6.07, 6.45) is 3.44. The summed E-state index contributed by atoms with van der Waals surface area (Å²) < 4.78 is 52.4. The molecule has 5 aliphatic rings. The van der Waals surface area contributed by atoms with E-state index in [4.69, 9.17) is 9.47 Å². The van der Waals surface area contributed by atoms with Crippen LogP contribution in [0.5, 0.6) is 11.5 Å². The van der Waals surface area contributed by atoms with E-state index in [0.717, 1.165) is 56.7 Å². The number of ether oxygens (including phenoxy) is 2. The molecule has 1 unspecified atom stereocenters. The Morgan fingerprint density at radius 2 is 1.76 bits per heavy atom. The van der Waals surface area contributed by atoms with Crippen LogP contribution in [-0.2, 0) is 6.18 Å². The highest BCUT2D eigenvalue weighted by Crippen LogP contribution is 2.54. The first-order valence-electron chi connectivity index (χ1n) is 13.6. The van der Waals surface area contributed by atoms with Crippen LogP contribution in [-0.4, -0.2) is 70.0 Å². The second kappa shape index (κ2) is 8.51. The molecule has 0 bridgehead atoms. The van der Waals surface area contributed by atoms with E-state index in [9.17, 15) is 18.0 Å². The summed E-state index contributed by atoms with van der Waals surface area (Å²) in [6.45, 7) is 3.06. The second-order valence-electron chi connectivity index (χ2n) is 12.1. The number of carbonyl (C=O) groups is 1. The summed E-state index contributed by atoms with van der Waals surface area (Å²) in [4.78, 5) is 21.6. The standard InChI is InChI=1S/C27H32F3N5O3/c1-37-23-8-19(27(28,29)30)4-5-22(23)38-21-6-17-11-33(12-18(17)7-21)25(36)34-13-26(14-34)9-20(10-26)35-15-31-24(32-35)16-2-3-16/h4-5,8,15-18,20-21H,2-3,6-7,9-14H2,1H3/t17-,18+,21?. The van der Waals surface area contributed by atoms with Gasteiger partial charge < -0.3 is 19.3 Å². The van der Waals surface area contributed by atoms with Crippen LogP contribution in [0.1, 0.15) is 61.9 Å². The van der Waals surface area contributed by atoms with E-state index < -0.39 is 11.7 Å². The Morgan fingerprint density at radius 3 is 2.39 bits per heavy atom. The number of aromatic nitrogens is 3. The Balaban J connectivity index is 0.886. The molecule has 1 aromatic heterocycles. The molecular weight excluding hydrogens is 499 g/mol. The normalized spacial score (nSPS) is 28.3. The Morgan fingerprint density at radius 1 is 1.05 bits per heavy atom. The van der Waals surface area contributed by atoms with Crippen molar-refractivity contribution in [1.82, 2.24) is 24.6 Å². The van der Waals surface area contributed by atoms with Gasteiger partial charge in [0.05, 0.1) is 24.8 Å². The van der Waals surface area contributed by atoms with Crippen molar-refractivity contribution < 1.29 is 27.4 Å². The number of amides is 2. The number of methoxy groups -OCH3 is 1. The Hall–Kier alpha value is -2.98. The predicted molar refractivity (Wildman–Crippen MR) is 130 cm³/mol. The van der Waals surface area contributed by atoms with Gasteiger partial charge in [0.15, 0.2) is 17.3 Å². The number of carbonyl (C=O) groups excluding carboxylic acids is 1. The molecule has 3 heterocycles. The van der Waals surface area contributed by atoms with Gasteiger partial charge >= 0.3 is 12.2 Å². The minimum absolute atomic E-state index is 0.0887. The van der Waals surface area contributed by atoms with Gasteiger partial charge in [-0.25, -0.2) is 14.5 Å². The summed E-state index contributed by atoms with van der Waals surface area (Å²) in [5.74, 6) is 2.67. The molecule has 11 heteroatoms. The number of alkyl halides is 3. The maximum absolute atomic E-state index is 13.2. The fraction of sp³-hybridized carbons (Fsp3) is 0.667. The first-order chi connectivity index (χ1) is 18.2. The second-order valence-corrected chi connectivity index (χ2v) is 12.1. The van der Waals surface area contributed by atoms with Crippen molar-refractivity contribution in [3.05, 3.63) is 35.9 Å². The average Bonchev–Trinajstić information content (AvgIpc) is 3.24. The Bertz CT molecular complexity index is 1220. The van der Waals surface area contributed by atoms with Gasteiger partial charge in [-0.05, 0) is 68.6 Å². The molecule has 2 aliphatic heterocycles. The molecule has 8 nitrogen and oxygen atoms in total. The van der Waals surface area contributed by atoms with E-state index in [1.807, 2.05) is 20.8 Å². The number of hydrogen-bond donors (Lipinski definition) is 0. The maximum Gasteiger partial charge on any atom is 0.416 e. The van der Waals surface area contributed by atoms with Crippen molar-refractivity contribution in [3.8, 4) is 11.5 Å². The van der Waals surface area contributed by atoms with Gasteiger partial charge in [-0.2, -0.15) is 18.3 Å². The molecule has 3 saturated carbocycles. The third-order valence-electron chi connectivity index (χ3n) is 9.27. The Kier molecular flexibility index (Phi) is 5.39. The number of halogens is 3. The summed E-state index contributed by atoms with van der Waals surface area (Å²) in [6, 6.07) is 3.87. The van der Waals surface area contributed by atoms with Gasteiger partial charge in [0, 0.05) is 37.5 Å². The number of fused-ring (bicyclic) bond motifs is 1. The fourth-order valence-corrected chi connectivity index (χ4v) is 7.09. The number of nitrogens with zero attached hydrogens (tertiary/aromatic N) is 5. The number of rotatable bonds is 5. The molecule has 204 valence electrons. The van der Waals surface area contributed by atoms with Crippen molar-refractivity contribution in [2.45, 2.75) is 62.8 Å². The van der Waals surface area contributed by atoms with Crippen LogP contribution in [0.3, 0.4) is 0 Å². The molecule has 0 radical (unpaired) electrons. The summed E-state index contributed by atoms with van der Waals surface area (Å²) >= 11 is 0. The quantitative estimate of drug-likeness (QED) is 0.558. The molecule has 1 spiro atoms. The van der Waals surface area contributed by atoms with Crippen LogP contribution in [0, 0.1) is 17.3 Å². The highest BCUT2D eigenvalue weighted by atomic mass is 19.4. The molecule has 1 aromatic carbocycles. The van der Waals surface area contributed by atoms with Crippen LogP contribution < -0.4 is 9.47 Å². The van der Waals surface area contributed by atoms with E-state index >= 15 is 0 Å². The van der Waals surface area contributed by atoms with Gasteiger partial charge in [-0.1, -0.05) is 0 Å². The first-order valence-corrected chi connectivity index (χ1v) is 13.6. The van der Waals surface area contributed by atoms with E-state index in [-0.39, 0.29) is 23.3 Å². The molecule has 3 atom stereocenters. The average molecular weight is 532 g/mol. The zero-order valence-corrected chi connectivity index (χ0v) is 21.4. The summed E-state index contributed by atoms with van der Waals surface area (Å²) in [5.41, 5.74) is -0.521. The minimum Gasteiger partial charge on any atom is -0.493 e. The van der Waals surface area contributed by atoms with Crippen molar-refractivity contribution in [2.75, 3.05) is 33.3 Å². The number of likely N-dealkylation sites (tertiary alicyclic amines) is 2. The molecule has 0 N–H and O–H groups in total. The predicted octanol–water partition coefficient (Wildman–Crippen LogP) is 4.73. The molecule has 7 rings (SSSR count). The zero-order chi connectivity index (χ0) is 26.2. The molecule has 2 saturated heterocycles.